The highest BCUT2D eigenvalue weighted by atomic mass is 19.1. The van der Waals surface area contributed by atoms with Crippen LogP contribution >= 0.6 is 0 Å². The average molecular weight is 439 g/mol. The van der Waals surface area contributed by atoms with Crippen molar-refractivity contribution >= 4 is 11.8 Å². The van der Waals surface area contributed by atoms with Gasteiger partial charge in [0.05, 0.1) is 11.3 Å². The normalized spacial score (nSPS) is 21.9. The van der Waals surface area contributed by atoms with Gasteiger partial charge in [0.2, 0.25) is 5.91 Å². The van der Waals surface area contributed by atoms with E-state index in [4.69, 9.17) is 0 Å². The number of benzene rings is 1. The molecule has 170 valence electrons. The van der Waals surface area contributed by atoms with Crippen LogP contribution in [0.2, 0.25) is 0 Å². The maximum absolute atomic E-state index is 13.1. The van der Waals surface area contributed by atoms with Crippen LogP contribution in [0.25, 0.3) is 0 Å². The van der Waals surface area contributed by atoms with Gasteiger partial charge in [-0.1, -0.05) is 18.6 Å². The molecule has 7 heteroatoms. The van der Waals surface area contributed by atoms with E-state index in [1.165, 1.54) is 31.4 Å². The van der Waals surface area contributed by atoms with E-state index in [2.05, 4.69) is 15.3 Å². The molecule has 1 spiro atoms. The van der Waals surface area contributed by atoms with Crippen molar-refractivity contribution in [2.75, 3.05) is 13.1 Å². The Balaban J connectivity index is 1.14. The number of rotatable bonds is 6. The molecule has 6 nitrogen and oxygen atoms in total. The second kappa shape index (κ2) is 8.34. The van der Waals surface area contributed by atoms with Gasteiger partial charge in [-0.25, -0.2) is 4.39 Å². The molecule has 1 N–H and O–H groups in total. The molecule has 0 unspecified atom stereocenters. The van der Waals surface area contributed by atoms with Crippen molar-refractivity contribution in [2.24, 2.45) is 24.3 Å². The van der Waals surface area contributed by atoms with Gasteiger partial charge in [0.1, 0.15) is 5.82 Å². The van der Waals surface area contributed by atoms with E-state index in [9.17, 15) is 14.0 Å². The smallest absolute Gasteiger partial charge is 0.255 e. The minimum absolute atomic E-state index is 0.162. The van der Waals surface area contributed by atoms with Crippen LogP contribution in [0.3, 0.4) is 0 Å². The Labute approximate surface area is 188 Å². The number of likely N-dealkylation sites (tertiary alicyclic amines) is 1. The molecule has 2 aromatic rings. The van der Waals surface area contributed by atoms with E-state index >= 15 is 0 Å². The maximum Gasteiger partial charge on any atom is 0.255 e. The van der Waals surface area contributed by atoms with Crippen molar-refractivity contribution in [3.8, 4) is 0 Å². The zero-order valence-electron chi connectivity index (χ0n) is 18.6. The third kappa shape index (κ3) is 4.17. The molecule has 2 heterocycles. The van der Waals surface area contributed by atoms with Gasteiger partial charge in [-0.15, -0.1) is 0 Å². The first kappa shape index (κ1) is 21.2. The zero-order valence-corrected chi connectivity index (χ0v) is 18.6. The molecule has 2 saturated carbocycles. The Kier molecular flexibility index (Phi) is 5.51. The summed E-state index contributed by atoms with van der Waals surface area (Å²) in [6, 6.07) is 6.12. The van der Waals surface area contributed by atoms with E-state index in [1.54, 1.807) is 23.0 Å². The fraction of sp³-hybridized carbons (Fsp3) is 0.560. The van der Waals surface area contributed by atoms with Crippen molar-refractivity contribution in [1.82, 2.24) is 20.0 Å². The summed E-state index contributed by atoms with van der Waals surface area (Å²) in [5, 5.41) is 7.47. The lowest BCUT2D eigenvalue weighted by atomic mass is 9.79. The lowest BCUT2D eigenvalue weighted by molar-refractivity contribution is -0.135. The molecule has 0 radical (unpaired) electrons. The fourth-order valence-corrected chi connectivity index (χ4v) is 5.49. The highest BCUT2D eigenvalue weighted by Crippen LogP contribution is 2.66. The van der Waals surface area contributed by atoms with Gasteiger partial charge < -0.3 is 10.2 Å². The Bertz CT molecular complexity index is 1000. The first-order valence-corrected chi connectivity index (χ1v) is 11.8. The number of aromatic nitrogens is 2. The third-order valence-corrected chi connectivity index (χ3v) is 7.76. The molecule has 5 rings (SSSR count). The molecular weight excluding hydrogens is 407 g/mol. The summed E-state index contributed by atoms with van der Waals surface area (Å²) in [6.45, 7) is 1.97. The van der Waals surface area contributed by atoms with Gasteiger partial charge >= 0.3 is 0 Å². The van der Waals surface area contributed by atoms with Crippen molar-refractivity contribution < 1.29 is 14.0 Å². The SMILES string of the molecule is Cn1cc(C(=O)NCc2ccc(F)cc2)c(CC2CCN(C(=O)[C@@H]3CC34CCC4)CC2)n1. The van der Waals surface area contributed by atoms with Crippen molar-refractivity contribution in [3.63, 3.8) is 0 Å². The Morgan fingerprint density at radius 1 is 1.19 bits per heavy atom. The van der Waals surface area contributed by atoms with Crippen LogP contribution in [-0.4, -0.2) is 39.6 Å². The minimum atomic E-state index is -0.290. The van der Waals surface area contributed by atoms with Gasteiger partial charge in [0.25, 0.3) is 5.91 Å². The van der Waals surface area contributed by atoms with Crippen molar-refractivity contribution in [3.05, 3.63) is 53.1 Å². The molecule has 1 aromatic heterocycles. The lowest BCUT2D eigenvalue weighted by Crippen LogP contribution is -2.41. The number of aryl methyl sites for hydroxylation is 1. The quantitative estimate of drug-likeness (QED) is 0.751. The van der Waals surface area contributed by atoms with Crippen molar-refractivity contribution in [1.29, 1.82) is 0 Å². The van der Waals surface area contributed by atoms with Gasteiger partial charge in [-0.05, 0) is 67.6 Å². The Hall–Kier alpha value is -2.70. The summed E-state index contributed by atoms with van der Waals surface area (Å²) >= 11 is 0. The van der Waals surface area contributed by atoms with Crippen LogP contribution in [0.1, 0.15) is 60.1 Å². The molecule has 3 aliphatic rings. The zero-order chi connectivity index (χ0) is 22.3. The summed E-state index contributed by atoms with van der Waals surface area (Å²) < 4.78 is 14.8. The summed E-state index contributed by atoms with van der Waals surface area (Å²) in [5.41, 5.74) is 2.64. The van der Waals surface area contributed by atoms with Crippen LogP contribution in [0.15, 0.2) is 30.5 Å². The van der Waals surface area contributed by atoms with Crippen LogP contribution < -0.4 is 5.32 Å². The first-order chi connectivity index (χ1) is 15.4. The van der Waals surface area contributed by atoms with Gasteiger partial charge in [0.15, 0.2) is 0 Å². The van der Waals surface area contributed by atoms with Crippen LogP contribution in [-0.2, 0) is 24.8 Å². The second-order valence-corrected chi connectivity index (χ2v) is 9.92. The second-order valence-electron chi connectivity index (χ2n) is 9.92. The average Bonchev–Trinajstić information content (AvgIpc) is 3.44. The number of carbonyl (C=O) groups excluding carboxylic acids is 2. The number of nitrogens with zero attached hydrogens (tertiary/aromatic N) is 3. The molecule has 1 saturated heterocycles. The van der Waals surface area contributed by atoms with Crippen LogP contribution in [0, 0.1) is 23.1 Å². The number of hydrogen-bond acceptors (Lipinski definition) is 3. The number of nitrogens with one attached hydrogen (secondary N) is 1. The minimum Gasteiger partial charge on any atom is -0.348 e. The Morgan fingerprint density at radius 2 is 1.91 bits per heavy atom. The molecule has 1 aromatic carbocycles. The molecule has 2 amide bonds. The number of hydrogen-bond donors (Lipinski definition) is 1. The van der Waals surface area contributed by atoms with Crippen molar-refractivity contribution in [2.45, 2.75) is 51.5 Å². The van der Waals surface area contributed by atoms with E-state index in [0.717, 1.165) is 50.0 Å². The maximum atomic E-state index is 13.1. The fourth-order valence-electron chi connectivity index (χ4n) is 5.49. The van der Waals surface area contributed by atoms with Gasteiger partial charge in [0, 0.05) is 38.8 Å². The van der Waals surface area contributed by atoms with Crippen LogP contribution in [0.5, 0.6) is 0 Å². The lowest BCUT2D eigenvalue weighted by Gasteiger charge is -2.34. The largest absolute Gasteiger partial charge is 0.348 e. The van der Waals surface area contributed by atoms with Gasteiger partial charge in [-0.2, -0.15) is 5.10 Å². The van der Waals surface area contributed by atoms with E-state index in [0.29, 0.717) is 35.3 Å². The highest BCUT2D eigenvalue weighted by Gasteiger charge is 2.61. The third-order valence-electron chi connectivity index (χ3n) is 7.76. The molecule has 1 aliphatic heterocycles. The molecule has 3 fully saturated rings. The standard InChI is InChI=1S/C25H31FN4O2/c1-29-16-20(23(31)27-15-18-3-5-19(26)6-4-18)22(28-29)13-17-7-11-30(12-8-17)24(32)21-14-25(21)9-2-10-25/h3-6,16-17,21H,2,7-15H2,1H3,(H,27,31)/t21-/m0/s1. The summed E-state index contributed by atoms with van der Waals surface area (Å²) in [6.07, 6.45) is 9.30. The summed E-state index contributed by atoms with van der Waals surface area (Å²) in [5.74, 6) is 0.642. The van der Waals surface area contributed by atoms with E-state index in [1.807, 2.05) is 7.05 Å². The number of halogens is 1. The number of carbonyl (C=O) groups is 2. The van der Waals surface area contributed by atoms with Crippen LogP contribution in [0.4, 0.5) is 4.39 Å². The summed E-state index contributed by atoms with van der Waals surface area (Å²) in [4.78, 5) is 27.7. The highest BCUT2D eigenvalue weighted by molar-refractivity contribution is 5.95. The Morgan fingerprint density at radius 3 is 2.53 bits per heavy atom. The number of piperidine rings is 1. The monoisotopic (exact) mass is 438 g/mol. The topological polar surface area (TPSA) is 67.2 Å². The predicted molar refractivity (Wildman–Crippen MR) is 118 cm³/mol. The first-order valence-electron chi connectivity index (χ1n) is 11.8. The van der Waals surface area contributed by atoms with E-state index < -0.39 is 0 Å². The molecule has 0 bridgehead atoms. The predicted octanol–water partition coefficient (Wildman–Crippen LogP) is 3.46. The molecule has 1 atom stereocenters. The van der Waals surface area contributed by atoms with E-state index in [-0.39, 0.29) is 11.7 Å². The molecular formula is C25H31FN4O2. The molecule has 32 heavy (non-hydrogen) atoms. The summed E-state index contributed by atoms with van der Waals surface area (Å²) in [7, 11) is 1.83. The molecule has 2 aliphatic carbocycles. The van der Waals surface area contributed by atoms with Gasteiger partial charge in [-0.3, -0.25) is 14.3 Å². The number of amides is 2.